The highest BCUT2D eigenvalue weighted by molar-refractivity contribution is 6.07. The van der Waals surface area contributed by atoms with Crippen LogP contribution in [0.2, 0.25) is 0 Å². The molecule has 0 aliphatic carbocycles. The number of H-pyrrole nitrogens is 2. The molecule has 0 amide bonds. The van der Waals surface area contributed by atoms with Crippen molar-refractivity contribution in [1.29, 1.82) is 0 Å². The maximum absolute atomic E-state index is 4.66. The van der Waals surface area contributed by atoms with E-state index in [1.165, 1.54) is 12.8 Å². The van der Waals surface area contributed by atoms with Crippen LogP contribution in [-0.2, 0) is 0 Å². The van der Waals surface area contributed by atoms with Gasteiger partial charge in [0.25, 0.3) is 0 Å². The number of hydrogen-bond donors (Lipinski definition) is 2. The Kier molecular flexibility index (Phi) is 3.23. The molecule has 1 aromatic carbocycles. The molecule has 0 saturated carbocycles. The Bertz CT molecular complexity index is 1050. The quantitative estimate of drug-likeness (QED) is 0.586. The number of anilines is 1. The monoisotopic (exact) mass is 332 g/mol. The molecule has 4 aromatic rings. The highest BCUT2D eigenvalue weighted by Gasteiger charge is 2.22. The smallest absolute Gasteiger partial charge is 0.143 e. The lowest BCUT2D eigenvalue weighted by atomic mass is 9.99. The lowest BCUT2D eigenvalue weighted by Crippen LogP contribution is -2.35. The van der Waals surface area contributed by atoms with E-state index in [1.807, 2.05) is 18.5 Å². The van der Waals surface area contributed by atoms with Crippen LogP contribution in [0.15, 0.2) is 36.9 Å². The van der Waals surface area contributed by atoms with Crippen LogP contribution in [0.4, 0.5) is 5.82 Å². The normalized spacial score (nSPS) is 18.3. The Morgan fingerprint density at radius 1 is 1.20 bits per heavy atom. The van der Waals surface area contributed by atoms with Crippen molar-refractivity contribution in [2.24, 2.45) is 5.92 Å². The molecule has 5 rings (SSSR count). The first-order valence-corrected chi connectivity index (χ1v) is 8.81. The first kappa shape index (κ1) is 14.5. The molecule has 3 aromatic heterocycles. The second-order valence-electron chi connectivity index (χ2n) is 6.95. The lowest BCUT2D eigenvalue weighted by molar-refractivity contribution is 0.445. The van der Waals surface area contributed by atoms with Gasteiger partial charge in [-0.05, 0) is 30.4 Å². The van der Waals surface area contributed by atoms with Crippen LogP contribution < -0.4 is 4.90 Å². The number of hydrogen-bond acceptors (Lipinski definition) is 4. The van der Waals surface area contributed by atoms with E-state index in [4.69, 9.17) is 0 Å². The zero-order chi connectivity index (χ0) is 16.8. The Morgan fingerprint density at radius 2 is 2.16 bits per heavy atom. The third-order valence-electron chi connectivity index (χ3n) is 5.18. The number of aromatic amines is 2. The topological polar surface area (TPSA) is 73.5 Å². The summed E-state index contributed by atoms with van der Waals surface area (Å²) in [6, 6.07) is 6.24. The molecular formula is C19H20N6. The predicted octanol–water partition coefficient (Wildman–Crippen LogP) is 3.74. The van der Waals surface area contributed by atoms with E-state index in [2.05, 4.69) is 49.1 Å². The van der Waals surface area contributed by atoms with Gasteiger partial charge in [-0.2, -0.15) is 5.10 Å². The number of nitrogens with zero attached hydrogens (tertiary/aromatic N) is 4. The fourth-order valence-electron chi connectivity index (χ4n) is 3.98. The van der Waals surface area contributed by atoms with Gasteiger partial charge in [0.1, 0.15) is 17.8 Å². The summed E-state index contributed by atoms with van der Waals surface area (Å²) >= 11 is 0. The molecule has 1 saturated heterocycles. The third kappa shape index (κ3) is 2.28. The molecule has 1 fully saturated rings. The van der Waals surface area contributed by atoms with Gasteiger partial charge in [-0.3, -0.25) is 5.10 Å². The third-order valence-corrected chi connectivity index (χ3v) is 5.18. The Labute approximate surface area is 145 Å². The maximum atomic E-state index is 4.66. The Morgan fingerprint density at radius 3 is 3.08 bits per heavy atom. The molecule has 2 N–H and O–H groups in total. The largest absolute Gasteiger partial charge is 0.356 e. The summed E-state index contributed by atoms with van der Waals surface area (Å²) in [6.07, 6.45) is 8.09. The number of rotatable bonds is 2. The van der Waals surface area contributed by atoms with Crippen molar-refractivity contribution < 1.29 is 0 Å². The highest BCUT2D eigenvalue weighted by atomic mass is 15.2. The first-order valence-electron chi connectivity index (χ1n) is 8.81. The standard InChI is InChI=1S/C19H20N6/c1-12-4-3-7-25(10-12)19-17-15(8-20-18(17)21-11-22-19)13-5-2-6-16-14(13)9-23-24-16/h2,5-6,8-9,11-12H,3-4,7,10H2,1H3,(H,23,24)(H,20,21,22). The molecule has 1 atom stereocenters. The molecule has 1 unspecified atom stereocenters. The van der Waals surface area contributed by atoms with Crippen LogP contribution in [0.25, 0.3) is 33.1 Å². The molecule has 126 valence electrons. The summed E-state index contributed by atoms with van der Waals surface area (Å²) in [5, 5.41) is 9.47. The van der Waals surface area contributed by atoms with E-state index in [0.29, 0.717) is 5.92 Å². The highest BCUT2D eigenvalue weighted by Crippen LogP contribution is 2.37. The van der Waals surface area contributed by atoms with E-state index in [-0.39, 0.29) is 0 Å². The van der Waals surface area contributed by atoms with E-state index in [1.54, 1.807) is 6.33 Å². The molecule has 0 radical (unpaired) electrons. The van der Waals surface area contributed by atoms with Crippen molar-refractivity contribution in [3.63, 3.8) is 0 Å². The van der Waals surface area contributed by atoms with Crippen LogP contribution in [0.1, 0.15) is 19.8 Å². The minimum atomic E-state index is 0.693. The van der Waals surface area contributed by atoms with Crippen molar-refractivity contribution >= 4 is 27.8 Å². The van der Waals surface area contributed by atoms with Crippen molar-refractivity contribution in [2.45, 2.75) is 19.8 Å². The van der Waals surface area contributed by atoms with Crippen LogP contribution in [-0.4, -0.2) is 38.2 Å². The SMILES string of the molecule is CC1CCCN(c2ncnc3[nH]cc(-c4cccc5[nH]ncc45)c23)C1. The van der Waals surface area contributed by atoms with Gasteiger partial charge in [-0.25, -0.2) is 9.97 Å². The van der Waals surface area contributed by atoms with E-state index < -0.39 is 0 Å². The lowest BCUT2D eigenvalue weighted by Gasteiger charge is -2.32. The summed E-state index contributed by atoms with van der Waals surface area (Å²) in [5.74, 6) is 1.73. The molecule has 4 heterocycles. The van der Waals surface area contributed by atoms with Gasteiger partial charge in [0, 0.05) is 30.2 Å². The van der Waals surface area contributed by atoms with Gasteiger partial charge >= 0.3 is 0 Å². The van der Waals surface area contributed by atoms with E-state index in [0.717, 1.165) is 52.0 Å². The van der Waals surface area contributed by atoms with Crippen LogP contribution in [0.5, 0.6) is 0 Å². The molecule has 6 heteroatoms. The molecule has 1 aliphatic rings. The fourth-order valence-corrected chi connectivity index (χ4v) is 3.98. The van der Waals surface area contributed by atoms with Crippen LogP contribution in [0.3, 0.4) is 0 Å². The van der Waals surface area contributed by atoms with E-state index in [9.17, 15) is 0 Å². The van der Waals surface area contributed by atoms with Gasteiger partial charge in [0.05, 0.1) is 17.1 Å². The zero-order valence-corrected chi connectivity index (χ0v) is 14.2. The van der Waals surface area contributed by atoms with Crippen molar-refractivity contribution in [3.8, 4) is 11.1 Å². The molecule has 0 bridgehead atoms. The number of nitrogens with one attached hydrogen (secondary N) is 2. The van der Waals surface area contributed by atoms with Gasteiger partial charge < -0.3 is 9.88 Å². The first-order chi connectivity index (χ1) is 12.3. The predicted molar refractivity (Wildman–Crippen MR) is 99.6 cm³/mol. The van der Waals surface area contributed by atoms with E-state index >= 15 is 0 Å². The second-order valence-corrected chi connectivity index (χ2v) is 6.95. The average molecular weight is 332 g/mol. The van der Waals surface area contributed by atoms with Crippen molar-refractivity contribution in [1.82, 2.24) is 25.1 Å². The second kappa shape index (κ2) is 5.58. The molecule has 1 aliphatic heterocycles. The fraction of sp³-hybridized carbons (Fsp3) is 0.316. The van der Waals surface area contributed by atoms with Gasteiger partial charge in [-0.1, -0.05) is 19.1 Å². The van der Waals surface area contributed by atoms with Crippen LogP contribution in [0, 0.1) is 5.92 Å². The summed E-state index contributed by atoms with van der Waals surface area (Å²) in [4.78, 5) is 14.8. The number of aromatic nitrogens is 5. The summed E-state index contributed by atoms with van der Waals surface area (Å²) in [5.41, 5.74) is 4.21. The minimum Gasteiger partial charge on any atom is -0.356 e. The maximum Gasteiger partial charge on any atom is 0.143 e. The number of fused-ring (bicyclic) bond motifs is 2. The summed E-state index contributed by atoms with van der Waals surface area (Å²) < 4.78 is 0. The summed E-state index contributed by atoms with van der Waals surface area (Å²) in [7, 11) is 0. The summed E-state index contributed by atoms with van der Waals surface area (Å²) in [6.45, 7) is 4.42. The van der Waals surface area contributed by atoms with Crippen molar-refractivity contribution in [3.05, 3.63) is 36.9 Å². The average Bonchev–Trinajstić information content (AvgIpc) is 3.28. The zero-order valence-electron chi connectivity index (χ0n) is 14.2. The molecule has 25 heavy (non-hydrogen) atoms. The number of piperidine rings is 1. The van der Waals surface area contributed by atoms with Gasteiger partial charge in [0.2, 0.25) is 0 Å². The molecular weight excluding hydrogens is 312 g/mol. The van der Waals surface area contributed by atoms with Crippen LogP contribution >= 0.6 is 0 Å². The minimum absolute atomic E-state index is 0.693. The van der Waals surface area contributed by atoms with Crippen molar-refractivity contribution in [2.75, 3.05) is 18.0 Å². The molecule has 6 nitrogen and oxygen atoms in total. The van der Waals surface area contributed by atoms with Gasteiger partial charge in [-0.15, -0.1) is 0 Å². The Hall–Kier alpha value is -2.89. The van der Waals surface area contributed by atoms with Gasteiger partial charge in [0.15, 0.2) is 0 Å². The molecule has 0 spiro atoms. The Balaban J connectivity index is 1.73. The number of benzene rings is 1.